The molecule has 2 aromatic heterocycles. The minimum atomic E-state index is -0.330. The zero-order valence-electron chi connectivity index (χ0n) is 13.7. The highest BCUT2D eigenvalue weighted by atomic mass is 16.3. The molecule has 0 atom stereocenters. The number of aromatic hydroxyl groups is 1. The largest absolute Gasteiger partial charge is 0.506 e. The van der Waals surface area contributed by atoms with Gasteiger partial charge in [-0.15, -0.1) is 0 Å². The smallest absolute Gasteiger partial charge is 0.257 e. The van der Waals surface area contributed by atoms with Crippen LogP contribution in [-0.4, -0.2) is 25.8 Å². The van der Waals surface area contributed by atoms with Gasteiger partial charge < -0.3 is 10.4 Å². The summed E-state index contributed by atoms with van der Waals surface area (Å²) in [7, 11) is 0. The van der Waals surface area contributed by atoms with Crippen molar-refractivity contribution in [1.82, 2.24) is 14.8 Å². The fraction of sp³-hybridized carbons (Fsp3) is 0.167. The van der Waals surface area contributed by atoms with Crippen LogP contribution in [0.1, 0.15) is 27.3 Å². The predicted octanol–water partition coefficient (Wildman–Crippen LogP) is 3.15. The van der Waals surface area contributed by atoms with Crippen molar-refractivity contribution in [1.29, 1.82) is 0 Å². The Kier molecular flexibility index (Phi) is 4.04. The normalized spacial score (nSPS) is 10.6. The number of nitrogens with zero attached hydrogens (tertiary/aromatic N) is 3. The van der Waals surface area contributed by atoms with Gasteiger partial charge in [-0.25, -0.2) is 9.67 Å². The average molecular weight is 322 g/mol. The number of hydrogen-bond donors (Lipinski definition) is 2. The highest BCUT2D eigenvalue weighted by molar-refractivity contribution is 6.04. The first-order valence-corrected chi connectivity index (χ1v) is 7.55. The Labute approximate surface area is 139 Å². The third-order valence-electron chi connectivity index (χ3n) is 3.64. The van der Waals surface area contributed by atoms with Crippen LogP contribution < -0.4 is 5.32 Å². The number of rotatable bonds is 3. The third-order valence-corrected chi connectivity index (χ3v) is 3.64. The lowest BCUT2D eigenvalue weighted by molar-refractivity contribution is 0.102. The molecular formula is C18H18N4O2. The SMILES string of the molecule is Cc1ccc(O)c(NC(=O)c2ccc(-n3nc(C)cc3C)nc2)c1. The minimum Gasteiger partial charge on any atom is -0.506 e. The van der Waals surface area contributed by atoms with Gasteiger partial charge in [-0.2, -0.15) is 5.10 Å². The van der Waals surface area contributed by atoms with E-state index in [2.05, 4.69) is 15.4 Å². The van der Waals surface area contributed by atoms with E-state index in [4.69, 9.17) is 0 Å². The van der Waals surface area contributed by atoms with Gasteiger partial charge in [0.25, 0.3) is 5.91 Å². The summed E-state index contributed by atoms with van der Waals surface area (Å²) in [6, 6.07) is 10.4. The second-order valence-corrected chi connectivity index (χ2v) is 5.72. The summed E-state index contributed by atoms with van der Waals surface area (Å²) in [4.78, 5) is 16.6. The minimum absolute atomic E-state index is 0.0289. The molecule has 0 unspecified atom stereocenters. The number of amides is 1. The zero-order valence-corrected chi connectivity index (χ0v) is 13.7. The van der Waals surface area contributed by atoms with Gasteiger partial charge in [-0.05, 0) is 56.7 Å². The van der Waals surface area contributed by atoms with Crippen molar-refractivity contribution in [2.45, 2.75) is 20.8 Å². The molecule has 3 aromatic rings. The van der Waals surface area contributed by atoms with Crippen LogP contribution >= 0.6 is 0 Å². The molecule has 0 saturated heterocycles. The summed E-state index contributed by atoms with van der Waals surface area (Å²) in [6.45, 7) is 5.75. The molecule has 0 saturated carbocycles. The number of anilines is 1. The number of pyridine rings is 1. The molecule has 1 amide bonds. The molecule has 0 aliphatic rings. The van der Waals surface area contributed by atoms with E-state index >= 15 is 0 Å². The van der Waals surface area contributed by atoms with Crippen LogP contribution in [0.2, 0.25) is 0 Å². The number of phenolic OH excluding ortho intramolecular Hbond substituents is 1. The van der Waals surface area contributed by atoms with E-state index in [1.165, 1.54) is 6.20 Å². The highest BCUT2D eigenvalue weighted by Gasteiger charge is 2.11. The molecule has 3 rings (SSSR count). The summed E-state index contributed by atoms with van der Waals surface area (Å²) in [5.41, 5.74) is 3.61. The van der Waals surface area contributed by atoms with E-state index in [0.29, 0.717) is 17.1 Å². The van der Waals surface area contributed by atoms with Crippen molar-refractivity contribution in [2.75, 3.05) is 5.32 Å². The van der Waals surface area contributed by atoms with E-state index in [1.807, 2.05) is 26.8 Å². The molecule has 0 bridgehead atoms. The maximum absolute atomic E-state index is 12.3. The Hall–Kier alpha value is -3.15. The highest BCUT2D eigenvalue weighted by Crippen LogP contribution is 2.24. The lowest BCUT2D eigenvalue weighted by Gasteiger charge is -2.09. The number of carbonyl (C=O) groups excluding carboxylic acids is 1. The van der Waals surface area contributed by atoms with E-state index < -0.39 is 0 Å². The summed E-state index contributed by atoms with van der Waals surface area (Å²) in [6.07, 6.45) is 1.49. The molecule has 6 heteroatoms. The van der Waals surface area contributed by atoms with E-state index in [0.717, 1.165) is 17.0 Å². The van der Waals surface area contributed by atoms with Crippen LogP contribution in [-0.2, 0) is 0 Å². The Morgan fingerprint density at radius 2 is 1.92 bits per heavy atom. The van der Waals surface area contributed by atoms with Crippen molar-refractivity contribution in [3.63, 3.8) is 0 Å². The molecule has 0 radical (unpaired) electrons. The summed E-state index contributed by atoms with van der Waals surface area (Å²) >= 11 is 0. The van der Waals surface area contributed by atoms with Crippen LogP contribution in [0.5, 0.6) is 5.75 Å². The van der Waals surface area contributed by atoms with E-state index in [1.54, 1.807) is 35.0 Å². The number of aromatic nitrogens is 3. The van der Waals surface area contributed by atoms with Crippen LogP contribution in [0, 0.1) is 20.8 Å². The maximum atomic E-state index is 12.3. The molecule has 122 valence electrons. The third kappa shape index (κ3) is 3.12. The van der Waals surface area contributed by atoms with E-state index in [9.17, 15) is 9.90 Å². The Bertz CT molecular complexity index is 898. The second kappa shape index (κ2) is 6.16. The van der Waals surface area contributed by atoms with Crippen molar-refractivity contribution in [3.05, 3.63) is 65.1 Å². The van der Waals surface area contributed by atoms with Gasteiger partial charge >= 0.3 is 0 Å². The van der Waals surface area contributed by atoms with Crippen LogP contribution in [0.15, 0.2) is 42.6 Å². The number of hydrogen-bond acceptors (Lipinski definition) is 4. The topological polar surface area (TPSA) is 80.0 Å². The maximum Gasteiger partial charge on any atom is 0.257 e. The van der Waals surface area contributed by atoms with Gasteiger partial charge in [0.1, 0.15) is 5.75 Å². The van der Waals surface area contributed by atoms with Crippen molar-refractivity contribution >= 4 is 11.6 Å². The van der Waals surface area contributed by atoms with Crippen LogP contribution in [0.3, 0.4) is 0 Å². The predicted molar refractivity (Wildman–Crippen MR) is 91.6 cm³/mol. The number of benzene rings is 1. The Balaban J connectivity index is 1.81. The molecule has 2 heterocycles. The molecular weight excluding hydrogens is 304 g/mol. The molecule has 1 aromatic carbocycles. The van der Waals surface area contributed by atoms with Crippen molar-refractivity contribution in [2.24, 2.45) is 0 Å². The number of phenols is 1. The molecule has 2 N–H and O–H groups in total. The molecule has 0 spiro atoms. The lowest BCUT2D eigenvalue weighted by Crippen LogP contribution is -2.13. The quantitative estimate of drug-likeness (QED) is 0.726. The molecule has 0 fully saturated rings. The lowest BCUT2D eigenvalue weighted by atomic mass is 10.2. The molecule has 24 heavy (non-hydrogen) atoms. The Morgan fingerprint density at radius 3 is 2.54 bits per heavy atom. The first-order chi connectivity index (χ1) is 11.4. The van der Waals surface area contributed by atoms with Gasteiger partial charge in [0.15, 0.2) is 5.82 Å². The molecule has 6 nitrogen and oxygen atoms in total. The Morgan fingerprint density at radius 1 is 1.12 bits per heavy atom. The van der Waals surface area contributed by atoms with Gasteiger partial charge in [-0.3, -0.25) is 4.79 Å². The second-order valence-electron chi connectivity index (χ2n) is 5.72. The summed E-state index contributed by atoms with van der Waals surface area (Å²) in [5.74, 6) is 0.347. The molecule has 0 aliphatic carbocycles. The van der Waals surface area contributed by atoms with Gasteiger partial charge in [0.05, 0.1) is 16.9 Å². The fourth-order valence-electron chi connectivity index (χ4n) is 2.45. The van der Waals surface area contributed by atoms with Gasteiger partial charge in [0.2, 0.25) is 0 Å². The number of aryl methyl sites for hydroxylation is 3. The molecule has 0 aliphatic heterocycles. The van der Waals surface area contributed by atoms with Crippen molar-refractivity contribution < 1.29 is 9.90 Å². The fourth-order valence-corrected chi connectivity index (χ4v) is 2.45. The summed E-state index contributed by atoms with van der Waals surface area (Å²) in [5, 5.41) is 16.9. The van der Waals surface area contributed by atoms with Gasteiger partial charge in [0, 0.05) is 11.9 Å². The first kappa shape index (κ1) is 15.7. The monoisotopic (exact) mass is 322 g/mol. The zero-order chi connectivity index (χ0) is 17.3. The summed E-state index contributed by atoms with van der Waals surface area (Å²) < 4.78 is 1.73. The van der Waals surface area contributed by atoms with Crippen molar-refractivity contribution in [3.8, 4) is 11.6 Å². The van der Waals surface area contributed by atoms with Crippen LogP contribution in [0.25, 0.3) is 5.82 Å². The van der Waals surface area contributed by atoms with Crippen LogP contribution in [0.4, 0.5) is 5.69 Å². The van der Waals surface area contributed by atoms with Gasteiger partial charge in [-0.1, -0.05) is 6.07 Å². The number of nitrogens with one attached hydrogen (secondary N) is 1. The standard InChI is InChI=1S/C18H18N4O2/c1-11-4-6-16(23)15(8-11)20-18(24)14-5-7-17(19-10-14)22-13(3)9-12(2)21-22/h4-10,23H,1-3H3,(H,20,24). The first-order valence-electron chi connectivity index (χ1n) is 7.55. The average Bonchev–Trinajstić information content (AvgIpc) is 2.89. The number of carbonyl (C=O) groups is 1. The van der Waals surface area contributed by atoms with E-state index in [-0.39, 0.29) is 11.7 Å².